The smallest absolute Gasteiger partial charge is 0.472 e. The fourth-order valence-corrected chi connectivity index (χ4v) is 3.83. The molecule has 1 atom stereocenters. The van der Waals surface area contributed by atoms with Gasteiger partial charge in [-0.2, -0.15) is 24.9 Å². The number of rotatable bonds is 11. The predicted molar refractivity (Wildman–Crippen MR) is 139 cm³/mol. The molecule has 0 unspecified atom stereocenters. The second-order valence-electron chi connectivity index (χ2n) is 7.88. The van der Waals surface area contributed by atoms with E-state index in [0.717, 1.165) is 11.1 Å². The summed E-state index contributed by atoms with van der Waals surface area (Å²) in [6.45, 7) is 0.269. The van der Waals surface area contributed by atoms with Crippen molar-refractivity contribution in [1.29, 1.82) is 0 Å². The lowest BCUT2D eigenvalue weighted by Crippen LogP contribution is -2.66. The van der Waals surface area contributed by atoms with E-state index in [1.807, 2.05) is 42.7 Å². The summed E-state index contributed by atoms with van der Waals surface area (Å²) in [6, 6.07) is 17.5. The molecule has 0 aliphatic carbocycles. The number of ether oxygens (including phenoxy) is 1. The van der Waals surface area contributed by atoms with Crippen LogP contribution < -0.4 is 20.9 Å². The number of carbonyl (C=O) groups excluding carboxylic acids is 1. The van der Waals surface area contributed by atoms with Crippen LogP contribution in [0.25, 0.3) is 11.1 Å². The highest BCUT2D eigenvalue weighted by Gasteiger charge is 2.29. The van der Waals surface area contributed by atoms with E-state index in [1.165, 1.54) is 11.8 Å². The summed E-state index contributed by atoms with van der Waals surface area (Å²) in [6.07, 6.45) is 0.835. The maximum absolute atomic E-state index is 13.4. The lowest BCUT2D eigenvalue weighted by molar-refractivity contribution is -0.465. The minimum Gasteiger partial charge on any atom is -0.487 e. The zero-order valence-corrected chi connectivity index (χ0v) is 20.9. The van der Waals surface area contributed by atoms with Crippen molar-refractivity contribution in [2.75, 3.05) is 12.0 Å². The molecule has 3 rings (SSSR count). The number of aromatic nitrogens is 1. The number of hydrazone groups is 1. The predicted octanol–water partition coefficient (Wildman–Crippen LogP) is 3.17. The number of thioether (sulfide) groups is 1. The molecule has 0 saturated heterocycles. The summed E-state index contributed by atoms with van der Waals surface area (Å²) in [4.78, 5) is 17.4. The van der Waals surface area contributed by atoms with Gasteiger partial charge < -0.3 is 15.8 Å². The van der Waals surface area contributed by atoms with Crippen molar-refractivity contribution >= 4 is 29.7 Å². The van der Waals surface area contributed by atoms with E-state index in [1.54, 1.807) is 41.8 Å². The maximum Gasteiger partial charge on any atom is 0.472 e. The molecular weight excluding hydrogens is 503 g/mol. The number of amides is 1. The van der Waals surface area contributed by atoms with Crippen molar-refractivity contribution in [3.8, 4) is 16.9 Å². The molecule has 194 valence electrons. The van der Waals surface area contributed by atoms with Crippen LogP contribution in [0.1, 0.15) is 22.3 Å². The summed E-state index contributed by atoms with van der Waals surface area (Å²) in [7, 11) is 0. The molecule has 0 bridgehead atoms. The minimum atomic E-state index is -4.56. The average Bonchev–Trinajstić information content (AvgIpc) is 2.90. The maximum atomic E-state index is 13.4. The van der Waals surface area contributed by atoms with Gasteiger partial charge in [-0.3, -0.25) is 9.78 Å². The molecule has 4 N–H and O–H groups in total. The zero-order valence-electron chi connectivity index (χ0n) is 20.0. The van der Waals surface area contributed by atoms with Crippen LogP contribution in [0.5, 0.6) is 5.75 Å². The monoisotopic (exact) mass is 530 g/mol. The van der Waals surface area contributed by atoms with Crippen LogP contribution >= 0.6 is 11.8 Å². The topological polar surface area (TPSA) is 104 Å². The van der Waals surface area contributed by atoms with E-state index < -0.39 is 18.1 Å². The van der Waals surface area contributed by atoms with Gasteiger partial charge in [0.15, 0.2) is 5.84 Å². The van der Waals surface area contributed by atoms with Crippen molar-refractivity contribution in [3.63, 3.8) is 0 Å². The lowest BCUT2D eigenvalue weighted by Gasteiger charge is -2.18. The first-order valence-corrected chi connectivity index (χ1v) is 12.7. The van der Waals surface area contributed by atoms with Gasteiger partial charge in [-0.05, 0) is 59.4 Å². The standard InChI is InChI=1S/C26H26F3N5O2S/c1-37-13-11-23(24(30)34-32-17-26(27,28)29)33-25(35)21-10-9-18(16-36-20-8-5-12-31-15-20)14-22(21)19-6-3-2-4-7-19/h2-10,12,14-15,17,23H,11,13,16H2,1H3,(H2,30,34)(H,33,35)/p+1/b32-17+/t23-/m0/s1. The number of benzene rings is 2. The lowest BCUT2D eigenvalue weighted by atomic mass is 9.96. The van der Waals surface area contributed by atoms with Crippen molar-refractivity contribution in [2.45, 2.75) is 25.2 Å². The molecular formula is C26H27F3N5O2S+. The molecule has 0 spiro atoms. The number of alkyl halides is 3. The van der Waals surface area contributed by atoms with Gasteiger partial charge in [-0.15, -0.1) is 0 Å². The van der Waals surface area contributed by atoms with E-state index in [4.69, 9.17) is 10.5 Å². The van der Waals surface area contributed by atoms with Gasteiger partial charge in [0.05, 0.1) is 12.2 Å². The molecule has 0 aliphatic rings. The van der Waals surface area contributed by atoms with Gasteiger partial charge in [-0.25, -0.2) is 0 Å². The van der Waals surface area contributed by atoms with Crippen molar-refractivity contribution < 1.29 is 27.8 Å². The Hall–Kier alpha value is -3.86. The number of pyridine rings is 1. The third-order valence-corrected chi connectivity index (χ3v) is 5.79. The van der Waals surface area contributed by atoms with Crippen molar-refractivity contribution in [2.24, 2.45) is 10.8 Å². The van der Waals surface area contributed by atoms with Gasteiger partial charge in [0.1, 0.15) is 12.4 Å². The molecule has 0 aliphatic heterocycles. The van der Waals surface area contributed by atoms with Crippen LogP contribution in [0.4, 0.5) is 13.2 Å². The Labute approximate surface area is 217 Å². The van der Waals surface area contributed by atoms with Crippen LogP contribution in [0.3, 0.4) is 0 Å². The van der Waals surface area contributed by atoms with Crippen molar-refractivity contribution in [3.05, 3.63) is 84.2 Å². The zero-order chi connectivity index (χ0) is 26.7. The van der Waals surface area contributed by atoms with Crippen LogP contribution in [0, 0.1) is 0 Å². The second kappa shape index (κ2) is 13.4. The number of halogens is 3. The number of nitrogens with one attached hydrogen (secondary N) is 2. The Bertz CT molecular complexity index is 1220. The van der Waals surface area contributed by atoms with Crippen LogP contribution in [0.15, 0.2) is 78.2 Å². The summed E-state index contributed by atoms with van der Waals surface area (Å²) in [5, 5.41) is 8.20. The molecule has 2 aromatic carbocycles. The first kappa shape index (κ1) is 27.7. The Kier molecular flexibility index (Phi) is 10.1. The van der Waals surface area contributed by atoms with Gasteiger partial charge >= 0.3 is 6.18 Å². The number of hydrogen-bond donors (Lipinski definition) is 3. The quantitative estimate of drug-likeness (QED) is 0.201. The number of nitrogens with two attached hydrogens (primary N) is 1. The largest absolute Gasteiger partial charge is 0.487 e. The summed E-state index contributed by atoms with van der Waals surface area (Å²) in [5.74, 6) is 0.641. The first-order chi connectivity index (χ1) is 17.8. The molecule has 1 heterocycles. The van der Waals surface area contributed by atoms with E-state index >= 15 is 0 Å². The summed E-state index contributed by atoms with van der Waals surface area (Å²) >= 11 is 1.52. The van der Waals surface area contributed by atoms with Gasteiger partial charge in [0, 0.05) is 16.9 Å². The van der Waals surface area contributed by atoms with E-state index in [9.17, 15) is 18.0 Å². The molecule has 3 aromatic rings. The van der Waals surface area contributed by atoms with E-state index in [0.29, 0.717) is 29.1 Å². The highest BCUT2D eigenvalue weighted by atomic mass is 32.2. The normalized spacial score (nSPS) is 12.9. The molecule has 0 fully saturated rings. The fraction of sp³-hybridized carbons (Fsp3) is 0.231. The number of hydrogen-bond acceptors (Lipinski definition) is 5. The van der Waals surface area contributed by atoms with Gasteiger partial charge in [0.25, 0.3) is 12.1 Å². The second-order valence-corrected chi connectivity index (χ2v) is 8.87. The molecule has 0 radical (unpaired) electrons. The summed E-state index contributed by atoms with van der Waals surface area (Å²) < 4.78 is 43.1. The van der Waals surface area contributed by atoms with Crippen LogP contribution in [0.2, 0.25) is 0 Å². The fourth-order valence-electron chi connectivity index (χ4n) is 3.36. The Morgan fingerprint density at radius 3 is 2.68 bits per heavy atom. The number of nitrogens with zero attached hydrogens (tertiary/aromatic N) is 2. The van der Waals surface area contributed by atoms with Gasteiger partial charge in [-0.1, -0.05) is 41.5 Å². The molecule has 1 aromatic heterocycles. The van der Waals surface area contributed by atoms with Gasteiger partial charge in [0.2, 0.25) is 0 Å². The summed E-state index contributed by atoms with van der Waals surface area (Å²) in [5.41, 5.74) is 8.65. The highest BCUT2D eigenvalue weighted by molar-refractivity contribution is 7.98. The van der Waals surface area contributed by atoms with Crippen LogP contribution in [-0.2, 0) is 6.61 Å². The van der Waals surface area contributed by atoms with E-state index in [2.05, 4.69) is 15.4 Å². The van der Waals surface area contributed by atoms with Crippen molar-refractivity contribution in [1.82, 2.24) is 10.3 Å². The molecule has 0 saturated carbocycles. The Morgan fingerprint density at radius 1 is 1.22 bits per heavy atom. The third-order valence-electron chi connectivity index (χ3n) is 5.15. The van der Waals surface area contributed by atoms with E-state index in [-0.39, 0.29) is 18.7 Å². The number of carbonyl (C=O) groups is 1. The van der Waals surface area contributed by atoms with Crippen LogP contribution in [-0.4, -0.2) is 47.2 Å². The molecule has 11 heteroatoms. The first-order valence-electron chi connectivity index (χ1n) is 11.3. The molecule has 37 heavy (non-hydrogen) atoms. The Morgan fingerprint density at radius 2 is 2.00 bits per heavy atom. The minimum absolute atomic E-state index is 0.132. The Balaban J connectivity index is 1.87. The third kappa shape index (κ3) is 8.94. The SMILES string of the molecule is CSCC[C@H](NC(=O)c1ccc(COc2cccnc2)cc1-c1ccccc1)/C(N)=N/[NH+]=C/C(F)(F)F. The average molecular weight is 531 g/mol. The molecule has 1 amide bonds. The number of amidine groups is 1. The highest BCUT2D eigenvalue weighted by Crippen LogP contribution is 2.26. The molecule has 7 nitrogen and oxygen atoms in total.